The van der Waals surface area contributed by atoms with Crippen molar-refractivity contribution in [3.63, 3.8) is 0 Å². The van der Waals surface area contributed by atoms with Crippen LogP contribution in [0.3, 0.4) is 0 Å². The first kappa shape index (κ1) is 15.1. The number of benzene rings is 1. The highest BCUT2D eigenvalue weighted by atomic mass is 35.5. The number of ether oxygens (including phenoxy) is 2. The summed E-state index contributed by atoms with van der Waals surface area (Å²) in [5.74, 6) is 0.919. The fourth-order valence-corrected chi connectivity index (χ4v) is 1.94. The van der Waals surface area contributed by atoms with Crippen molar-refractivity contribution in [1.82, 2.24) is 9.78 Å². The second-order valence-electron chi connectivity index (χ2n) is 4.05. The lowest BCUT2D eigenvalue weighted by Crippen LogP contribution is -2.09. The summed E-state index contributed by atoms with van der Waals surface area (Å²) in [5, 5.41) is 14.4. The van der Waals surface area contributed by atoms with Gasteiger partial charge in [-0.05, 0) is 24.0 Å². The van der Waals surface area contributed by atoms with E-state index in [1.165, 1.54) is 10.9 Å². The maximum atomic E-state index is 10.6. The Balaban J connectivity index is 1.95. The number of rotatable bonds is 7. The molecule has 0 aliphatic rings. The minimum atomic E-state index is -0.621. The lowest BCUT2D eigenvalue weighted by molar-refractivity contribution is -0.389. The van der Waals surface area contributed by atoms with Gasteiger partial charge in [-0.2, -0.15) is 4.68 Å². The molecule has 0 aliphatic heterocycles. The summed E-state index contributed by atoms with van der Waals surface area (Å²) in [5.41, 5.74) is 0. The first-order chi connectivity index (χ1) is 10.1. The molecular weight excluding hydrogens is 298 g/mol. The van der Waals surface area contributed by atoms with Gasteiger partial charge in [-0.1, -0.05) is 23.7 Å². The van der Waals surface area contributed by atoms with Crippen LogP contribution >= 0.6 is 11.6 Å². The van der Waals surface area contributed by atoms with Gasteiger partial charge in [-0.3, -0.25) is 0 Å². The third kappa shape index (κ3) is 3.85. The molecule has 0 radical (unpaired) electrons. The lowest BCUT2D eigenvalue weighted by Gasteiger charge is -2.10. The smallest absolute Gasteiger partial charge is 0.408 e. The quantitative estimate of drug-likeness (QED) is 0.580. The zero-order valence-electron chi connectivity index (χ0n) is 11.4. The summed E-state index contributed by atoms with van der Waals surface area (Å²) >= 11 is 5.72. The van der Waals surface area contributed by atoms with E-state index in [4.69, 9.17) is 21.1 Å². The molecule has 8 heteroatoms. The monoisotopic (exact) mass is 311 g/mol. The number of hydrogen-bond donors (Lipinski definition) is 0. The molecule has 0 spiro atoms. The van der Waals surface area contributed by atoms with Crippen LogP contribution in [0.4, 0.5) is 5.82 Å². The minimum Gasteiger partial charge on any atom is -0.490 e. The molecule has 2 aromatic rings. The van der Waals surface area contributed by atoms with Crippen LogP contribution in [-0.4, -0.2) is 27.9 Å². The van der Waals surface area contributed by atoms with Crippen molar-refractivity contribution in [2.45, 2.75) is 13.5 Å². The van der Waals surface area contributed by atoms with Crippen molar-refractivity contribution in [2.24, 2.45) is 0 Å². The van der Waals surface area contributed by atoms with Crippen molar-refractivity contribution in [1.29, 1.82) is 0 Å². The van der Waals surface area contributed by atoms with Gasteiger partial charge < -0.3 is 19.6 Å². The first-order valence-electron chi connectivity index (χ1n) is 6.33. The standard InChI is InChI=1S/C13H14ClN3O4/c1-2-20-11-5-3-4-6-12(11)21-8-7-16-9-10(14)13(15-16)17(18)19/h3-6,9H,2,7-8H2,1H3. The highest BCUT2D eigenvalue weighted by Crippen LogP contribution is 2.26. The summed E-state index contributed by atoms with van der Waals surface area (Å²) in [7, 11) is 0. The highest BCUT2D eigenvalue weighted by molar-refractivity contribution is 6.32. The largest absolute Gasteiger partial charge is 0.490 e. The first-order valence-corrected chi connectivity index (χ1v) is 6.71. The molecule has 0 saturated heterocycles. The van der Waals surface area contributed by atoms with Crippen LogP contribution in [0.5, 0.6) is 11.5 Å². The van der Waals surface area contributed by atoms with Crippen LogP contribution in [0.1, 0.15) is 6.92 Å². The summed E-state index contributed by atoms with van der Waals surface area (Å²) in [6.45, 7) is 3.07. The fourth-order valence-electron chi connectivity index (χ4n) is 1.72. The molecule has 0 fully saturated rings. The van der Waals surface area contributed by atoms with E-state index in [2.05, 4.69) is 5.10 Å². The highest BCUT2D eigenvalue weighted by Gasteiger charge is 2.18. The van der Waals surface area contributed by atoms with Gasteiger partial charge in [-0.25, -0.2) is 0 Å². The molecule has 1 aromatic heterocycles. The molecule has 0 amide bonds. The van der Waals surface area contributed by atoms with E-state index in [1.54, 1.807) is 6.07 Å². The minimum absolute atomic E-state index is 0.00900. The van der Waals surface area contributed by atoms with Gasteiger partial charge in [0, 0.05) is 0 Å². The second kappa shape index (κ2) is 6.94. The predicted octanol–water partition coefficient (Wildman–Crippen LogP) is 2.92. The molecule has 0 N–H and O–H groups in total. The molecule has 0 bridgehead atoms. The number of nitro groups is 1. The van der Waals surface area contributed by atoms with Crippen molar-refractivity contribution in [2.75, 3.05) is 13.2 Å². The Bertz CT molecular complexity index is 630. The number of halogens is 1. The Hall–Kier alpha value is -2.28. The SMILES string of the molecule is CCOc1ccccc1OCCn1cc(Cl)c([N+](=O)[O-])n1. The summed E-state index contributed by atoms with van der Waals surface area (Å²) in [4.78, 5) is 10.0. The Morgan fingerprint density at radius 1 is 1.33 bits per heavy atom. The second-order valence-corrected chi connectivity index (χ2v) is 4.46. The predicted molar refractivity (Wildman–Crippen MR) is 77.0 cm³/mol. The Morgan fingerprint density at radius 2 is 2.00 bits per heavy atom. The van der Waals surface area contributed by atoms with Gasteiger partial charge in [0.05, 0.1) is 24.4 Å². The van der Waals surface area contributed by atoms with Gasteiger partial charge in [0.25, 0.3) is 0 Å². The van der Waals surface area contributed by atoms with Gasteiger partial charge in [-0.15, -0.1) is 0 Å². The van der Waals surface area contributed by atoms with E-state index in [1.807, 2.05) is 25.1 Å². The molecule has 21 heavy (non-hydrogen) atoms. The topological polar surface area (TPSA) is 79.4 Å². The Morgan fingerprint density at radius 3 is 2.57 bits per heavy atom. The van der Waals surface area contributed by atoms with Gasteiger partial charge in [0.15, 0.2) is 16.5 Å². The molecule has 1 aromatic carbocycles. The van der Waals surface area contributed by atoms with Crippen molar-refractivity contribution in [3.05, 3.63) is 45.6 Å². The number of nitrogens with zero attached hydrogens (tertiary/aromatic N) is 3. The maximum absolute atomic E-state index is 10.6. The molecule has 0 aliphatic carbocycles. The molecular formula is C13H14ClN3O4. The molecule has 112 valence electrons. The van der Waals surface area contributed by atoms with Crippen LogP contribution in [0.25, 0.3) is 0 Å². The molecule has 7 nitrogen and oxygen atoms in total. The van der Waals surface area contributed by atoms with Crippen LogP contribution in [-0.2, 0) is 6.54 Å². The molecule has 0 unspecified atom stereocenters. The van der Waals surface area contributed by atoms with E-state index in [0.717, 1.165) is 0 Å². The van der Waals surface area contributed by atoms with Crippen LogP contribution < -0.4 is 9.47 Å². The normalized spacial score (nSPS) is 10.4. The fraction of sp³-hybridized carbons (Fsp3) is 0.308. The Labute approximate surface area is 126 Å². The average molecular weight is 312 g/mol. The number of hydrogen-bond acceptors (Lipinski definition) is 5. The van der Waals surface area contributed by atoms with Crippen LogP contribution in [0.2, 0.25) is 5.02 Å². The van der Waals surface area contributed by atoms with Crippen LogP contribution in [0.15, 0.2) is 30.5 Å². The van der Waals surface area contributed by atoms with Gasteiger partial charge in [0.2, 0.25) is 0 Å². The molecule has 1 heterocycles. The van der Waals surface area contributed by atoms with Crippen molar-refractivity contribution < 1.29 is 14.4 Å². The van der Waals surface area contributed by atoms with E-state index >= 15 is 0 Å². The van der Waals surface area contributed by atoms with E-state index in [9.17, 15) is 10.1 Å². The third-order valence-electron chi connectivity index (χ3n) is 2.60. The van der Waals surface area contributed by atoms with E-state index in [-0.39, 0.29) is 10.8 Å². The van der Waals surface area contributed by atoms with E-state index < -0.39 is 4.92 Å². The molecule has 0 saturated carbocycles. The molecule has 2 rings (SSSR count). The Kier molecular flexibility index (Phi) is 4.99. The number of para-hydroxylation sites is 2. The summed E-state index contributed by atoms with van der Waals surface area (Å²) < 4.78 is 12.4. The van der Waals surface area contributed by atoms with Gasteiger partial charge >= 0.3 is 5.82 Å². The third-order valence-corrected chi connectivity index (χ3v) is 2.87. The van der Waals surface area contributed by atoms with Crippen molar-refractivity contribution in [3.8, 4) is 11.5 Å². The van der Waals surface area contributed by atoms with Crippen molar-refractivity contribution >= 4 is 17.4 Å². The average Bonchev–Trinajstić information content (AvgIpc) is 2.82. The zero-order chi connectivity index (χ0) is 15.2. The zero-order valence-corrected chi connectivity index (χ0v) is 12.1. The summed E-state index contributed by atoms with van der Waals surface area (Å²) in [6, 6.07) is 7.31. The maximum Gasteiger partial charge on any atom is 0.408 e. The number of aromatic nitrogens is 2. The van der Waals surface area contributed by atoms with E-state index in [0.29, 0.717) is 31.3 Å². The lowest BCUT2D eigenvalue weighted by atomic mass is 10.3. The molecule has 0 atom stereocenters. The van der Waals surface area contributed by atoms with Gasteiger partial charge in [0.1, 0.15) is 6.61 Å². The van der Waals surface area contributed by atoms with Crippen LogP contribution in [0, 0.1) is 10.1 Å². The summed E-state index contributed by atoms with van der Waals surface area (Å²) in [6.07, 6.45) is 1.40.